The van der Waals surface area contributed by atoms with Crippen molar-refractivity contribution in [2.45, 2.75) is 6.23 Å². The van der Waals surface area contributed by atoms with E-state index in [1.54, 1.807) is 0 Å². The van der Waals surface area contributed by atoms with E-state index in [1.807, 2.05) is 0 Å². The van der Waals surface area contributed by atoms with Crippen molar-refractivity contribution in [1.82, 2.24) is 0 Å². The molecule has 0 aliphatic heterocycles. The van der Waals surface area contributed by atoms with E-state index in [0.717, 1.165) is 12.1 Å². The fraction of sp³-hybridized carbons (Fsp3) is 0.143. The predicted molar refractivity (Wildman–Crippen MR) is 35.5 cm³/mol. The molecule has 11 heavy (non-hydrogen) atoms. The molecule has 0 aromatic heterocycles. The van der Waals surface area contributed by atoms with Gasteiger partial charge in [0.05, 0.1) is 0 Å². The maximum atomic E-state index is 12.4. The molecule has 0 saturated carbocycles. The molecule has 3 N–H and O–H groups in total. The summed E-state index contributed by atoms with van der Waals surface area (Å²) in [6.45, 7) is 0. The largest absolute Gasteiger partial charge is 0.375 e. The molecule has 0 amide bonds. The van der Waals surface area contributed by atoms with E-state index < -0.39 is 17.9 Å². The van der Waals surface area contributed by atoms with Crippen LogP contribution >= 0.6 is 0 Å². The molecule has 0 saturated heterocycles. The fourth-order valence-corrected chi connectivity index (χ4v) is 0.696. The van der Waals surface area contributed by atoms with E-state index in [0.29, 0.717) is 0 Å². The van der Waals surface area contributed by atoms with Gasteiger partial charge in [0.2, 0.25) is 0 Å². The summed E-state index contributed by atoms with van der Waals surface area (Å²) in [5, 5.41) is 8.73. The van der Waals surface area contributed by atoms with Crippen LogP contribution in [0, 0.1) is 11.6 Å². The summed E-state index contributed by atoms with van der Waals surface area (Å²) in [5.74, 6) is -1.96. The maximum absolute atomic E-state index is 12.4. The molecule has 0 radical (unpaired) electrons. The number of hydrogen-bond acceptors (Lipinski definition) is 2. The van der Waals surface area contributed by atoms with Crippen LogP contribution in [0.25, 0.3) is 0 Å². The summed E-state index contributed by atoms with van der Waals surface area (Å²) in [7, 11) is 0. The highest BCUT2D eigenvalue weighted by Gasteiger charge is 2.05. The standard InChI is InChI=1S/C7H7F2NO/c8-5-2-1-4(7(10)11)3-6(5)9/h1-3,7,11H,10H2. The molecular formula is C7H7F2NO. The van der Waals surface area contributed by atoms with Gasteiger partial charge in [-0.2, -0.15) is 0 Å². The molecule has 0 aliphatic rings. The Morgan fingerprint density at radius 3 is 2.36 bits per heavy atom. The first-order chi connectivity index (χ1) is 5.11. The lowest BCUT2D eigenvalue weighted by molar-refractivity contribution is 0.185. The molecular weight excluding hydrogens is 152 g/mol. The van der Waals surface area contributed by atoms with Crippen LogP contribution in [0.15, 0.2) is 18.2 Å². The van der Waals surface area contributed by atoms with Gasteiger partial charge in [-0.15, -0.1) is 0 Å². The summed E-state index contributed by atoms with van der Waals surface area (Å²) in [4.78, 5) is 0. The van der Waals surface area contributed by atoms with E-state index >= 15 is 0 Å². The maximum Gasteiger partial charge on any atom is 0.159 e. The van der Waals surface area contributed by atoms with Gasteiger partial charge < -0.3 is 10.8 Å². The molecule has 0 aliphatic carbocycles. The molecule has 0 heterocycles. The first kappa shape index (κ1) is 8.10. The van der Waals surface area contributed by atoms with Crippen molar-refractivity contribution in [1.29, 1.82) is 0 Å². The predicted octanol–water partition coefficient (Wildman–Crippen LogP) is 0.914. The molecule has 1 aromatic carbocycles. The monoisotopic (exact) mass is 159 g/mol. The second-order valence-electron chi connectivity index (χ2n) is 2.12. The SMILES string of the molecule is NC(O)c1ccc(F)c(F)c1. The second kappa shape index (κ2) is 2.94. The van der Waals surface area contributed by atoms with Crippen molar-refractivity contribution in [3.8, 4) is 0 Å². The number of benzene rings is 1. The van der Waals surface area contributed by atoms with Gasteiger partial charge in [0.1, 0.15) is 6.23 Å². The summed E-state index contributed by atoms with van der Waals surface area (Å²) in [6, 6.07) is 3.00. The van der Waals surface area contributed by atoms with Crippen LogP contribution in [0.4, 0.5) is 8.78 Å². The lowest BCUT2D eigenvalue weighted by atomic mass is 10.2. The molecule has 1 unspecified atom stereocenters. The van der Waals surface area contributed by atoms with Gasteiger partial charge in [-0.1, -0.05) is 6.07 Å². The van der Waals surface area contributed by atoms with Crippen LogP contribution in [0.3, 0.4) is 0 Å². The molecule has 0 fully saturated rings. The third-order valence-electron chi connectivity index (χ3n) is 1.29. The minimum atomic E-state index is -1.26. The quantitative estimate of drug-likeness (QED) is 0.598. The Balaban J connectivity index is 3.05. The van der Waals surface area contributed by atoms with E-state index in [2.05, 4.69) is 0 Å². The first-order valence-corrected chi connectivity index (χ1v) is 3.00. The first-order valence-electron chi connectivity index (χ1n) is 3.00. The zero-order chi connectivity index (χ0) is 8.43. The van der Waals surface area contributed by atoms with Crippen molar-refractivity contribution < 1.29 is 13.9 Å². The number of hydrogen-bond donors (Lipinski definition) is 2. The summed E-state index contributed by atoms with van der Waals surface area (Å²) < 4.78 is 24.7. The van der Waals surface area contributed by atoms with Crippen molar-refractivity contribution >= 4 is 0 Å². The highest BCUT2D eigenvalue weighted by molar-refractivity contribution is 5.19. The van der Waals surface area contributed by atoms with Crippen LogP contribution in [-0.4, -0.2) is 5.11 Å². The Labute approximate surface area is 62.3 Å². The Morgan fingerprint density at radius 1 is 1.27 bits per heavy atom. The highest BCUT2D eigenvalue weighted by Crippen LogP contribution is 2.11. The average molecular weight is 159 g/mol. The van der Waals surface area contributed by atoms with Gasteiger partial charge in [-0.05, 0) is 17.7 Å². The molecule has 1 aromatic rings. The Kier molecular flexibility index (Phi) is 2.16. The molecule has 4 heteroatoms. The van der Waals surface area contributed by atoms with Crippen LogP contribution < -0.4 is 5.73 Å². The molecule has 0 bridgehead atoms. The number of halogens is 2. The molecule has 0 spiro atoms. The third kappa shape index (κ3) is 1.72. The van der Waals surface area contributed by atoms with E-state index in [4.69, 9.17) is 10.8 Å². The van der Waals surface area contributed by atoms with Gasteiger partial charge in [-0.25, -0.2) is 8.78 Å². The fourth-order valence-electron chi connectivity index (χ4n) is 0.696. The van der Waals surface area contributed by atoms with Crippen molar-refractivity contribution in [3.63, 3.8) is 0 Å². The minimum absolute atomic E-state index is 0.156. The second-order valence-corrected chi connectivity index (χ2v) is 2.12. The summed E-state index contributed by atoms with van der Waals surface area (Å²) in [6.07, 6.45) is -1.26. The van der Waals surface area contributed by atoms with E-state index in [1.165, 1.54) is 6.07 Å². The van der Waals surface area contributed by atoms with Gasteiger partial charge in [-0.3, -0.25) is 0 Å². The lowest BCUT2D eigenvalue weighted by Gasteiger charge is -2.03. The normalized spacial score (nSPS) is 13.1. The topological polar surface area (TPSA) is 46.2 Å². The molecule has 1 atom stereocenters. The van der Waals surface area contributed by atoms with Crippen LogP contribution in [0.5, 0.6) is 0 Å². The zero-order valence-corrected chi connectivity index (χ0v) is 5.59. The van der Waals surface area contributed by atoms with Crippen molar-refractivity contribution in [3.05, 3.63) is 35.4 Å². The Bertz CT molecular complexity index is 263. The van der Waals surface area contributed by atoms with Crippen LogP contribution in [0.2, 0.25) is 0 Å². The van der Waals surface area contributed by atoms with Gasteiger partial charge in [0, 0.05) is 0 Å². The van der Waals surface area contributed by atoms with Crippen molar-refractivity contribution in [2.75, 3.05) is 0 Å². The number of aliphatic hydroxyl groups excluding tert-OH is 1. The third-order valence-corrected chi connectivity index (χ3v) is 1.29. The van der Waals surface area contributed by atoms with E-state index in [-0.39, 0.29) is 5.56 Å². The minimum Gasteiger partial charge on any atom is -0.375 e. The Morgan fingerprint density at radius 2 is 1.91 bits per heavy atom. The zero-order valence-electron chi connectivity index (χ0n) is 5.59. The summed E-state index contributed by atoms with van der Waals surface area (Å²) >= 11 is 0. The van der Waals surface area contributed by atoms with Crippen molar-refractivity contribution in [2.24, 2.45) is 5.73 Å². The van der Waals surface area contributed by atoms with Crippen LogP contribution in [-0.2, 0) is 0 Å². The lowest BCUT2D eigenvalue weighted by Crippen LogP contribution is -2.08. The number of nitrogens with two attached hydrogens (primary N) is 1. The van der Waals surface area contributed by atoms with E-state index in [9.17, 15) is 8.78 Å². The Hall–Kier alpha value is -1.00. The van der Waals surface area contributed by atoms with Gasteiger partial charge in [0.25, 0.3) is 0 Å². The highest BCUT2D eigenvalue weighted by atomic mass is 19.2. The molecule has 60 valence electrons. The number of aliphatic hydroxyl groups is 1. The van der Waals surface area contributed by atoms with Gasteiger partial charge in [0.15, 0.2) is 11.6 Å². The van der Waals surface area contributed by atoms with Crippen LogP contribution in [0.1, 0.15) is 11.8 Å². The number of rotatable bonds is 1. The summed E-state index contributed by atoms with van der Waals surface area (Å²) in [5.41, 5.74) is 5.16. The molecule has 1 rings (SSSR count). The average Bonchev–Trinajstić information content (AvgIpc) is 1.94. The molecule has 2 nitrogen and oxygen atoms in total. The van der Waals surface area contributed by atoms with Gasteiger partial charge >= 0.3 is 0 Å². The smallest absolute Gasteiger partial charge is 0.159 e.